The van der Waals surface area contributed by atoms with E-state index in [4.69, 9.17) is 4.74 Å². The summed E-state index contributed by atoms with van der Waals surface area (Å²) in [6.07, 6.45) is 0. The molecule has 0 aliphatic heterocycles. The monoisotopic (exact) mass is 301 g/mol. The third-order valence-corrected chi connectivity index (χ3v) is 4.12. The molecule has 0 spiro atoms. The number of methoxy groups -OCH3 is 1. The van der Waals surface area contributed by atoms with Crippen LogP contribution in [-0.4, -0.2) is 32.3 Å². The lowest BCUT2D eigenvalue weighted by Crippen LogP contribution is -2.00. The molecule has 0 saturated heterocycles. The van der Waals surface area contributed by atoms with Crippen LogP contribution in [0.2, 0.25) is 0 Å². The average Bonchev–Trinajstić information content (AvgIpc) is 2.99. The Morgan fingerprint density at radius 2 is 2.14 bits per heavy atom. The largest absolute Gasteiger partial charge is 0.481 e. The van der Waals surface area contributed by atoms with Gasteiger partial charge in [0.05, 0.1) is 12.6 Å². The van der Waals surface area contributed by atoms with Crippen molar-refractivity contribution in [3.8, 4) is 5.88 Å². The second-order valence-corrected chi connectivity index (χ2v) is 5.36. The van der Waals surface area contributed by atoms with Gasteiger partial charge in [-0.25, -0.2) is 9.67 Å². The van der Waals surface area contributed by atoms with Gasteiger partial charge in [0.15, 0.2) is 0 Å². The van der Waals surface area contributed by atoms with E-state index in [2.05, 4.69) is 26.6 Å². The summed E-state index contributed by atoms with van der Waals surface area (Å²) < 4.78 is 7.17. The molecule has 2 aromatic heterocycles. The standard InChI is InChI=1S/C14H15N5OS/c1-3-19-14(16-17-18-19)21-9-11-8-10-6-4-5-7-12(10)15-13(11)20-2/h4-8H,3,9H2,1-2H3. The Balaban J connectivity index is 1.89. The summed E-state index contributed by atoms with van der Waals surface area (Å²) in [4.78, 5) is 4.54. The van der Waals surface area contributed by atoms with Crippen molar-refractivity contribution in [3.05, 3.63) is 35.9 Å². The van der Waals surface area contributed by atoms with Gasteiger partial charge in [-0.1, -0.05) is 30.0 Å². The van der Waals surface area contributed by atoms with E-state index >= 15 is 0 Å². The van der Waals surface area contributed by atoms with Crippen LogP contribution in [0, 0.1) is 0 Å². The first kappa shape index (κ1) is 13.8. The summed E-state index contributed by atoms with van der Waals surface area (Å²) in [7, 11) is 1.64. The Morgan fingerprint density at radius 1 is 1.29 bits per heavy atom. The number of fused-ring (bicyclic) bond motifs is 1. The molecular weight excluding hydrogens is 286 g/mol. The van der Waals surface area contributed by atoms with Crippen LogP contribution in [0.3, 0.4) is 0 Å². The number of hydrogen-bond acceptors (Lipinski definition) is 6. The first-order chi connectivity index (χ1) is 10.3. The highest BCUT2D eigenvalue weighted by molar-refractivity contribution is 7.98. The van der Waals surface area contributed by atoms with E-state index in [1.54, 1.807) is 23.6 Å². The van der Waals surface area contributed by atoms with Gasteiger partial charge in [-0.3, -0.25) is 0 Å². The fraction of sp³-hybridized carbons (Fsp3) is 0.286. The summed E-state index contributed by atoms with van der Waals surface area (Å²) in [6, 6.07) is 10.1. The van der Waals surface area contributed by atoms with Crippen LogP contribution < -0.4 is 4.74 Å². The maximum absolute atomic E-state index is 5.40. The molecule has 108 valence electrons. The minimum atomic E-state index is 0.650. The number of ether oxygens (including phenoxy) is 1. The third kappa shape index (κ3) is 2.82. The lowest BCUT2D eigenvalue weighted by atomic mass is 10.2. The zero-order valence-corrected chi connectivity index (χ0v) is 12.7. The van der Waals surface area contributed by atoms with E-state index < -0.39 is 0 Å². The maximum Gasteiger partial charge on any atom is 0.217 e. The molecule has 21 heavy (non-hydrogen) atoms. The molecule has 0 saturated carbocycles. The van der Waals surface area contributed by atoms with Crippen molar-refractivity contribution in [1.82, 2.24) is 25.2 Å². The Labute approximate surface area is 126 Å². The van der Waals surface area contributed by atoms with Gasteiger partial charge >= 0.3 is 0 Å². The topological polar surface area (TPSA) is 65.7 Å². The van der Waals surface area contributed by atoms with Gasteiger partial charge in [0.1, 0.15) is 0 Å². The third-order valence-electron chi connectivity index (χ3n) is 3.11. The number of aromatic nitrogens is 5. The fourth-order valence-electron chi connectivity index (χ4n) is 2.06. The number of nitrogens with zero attached hydrogens (tertiary/aromatic N) is 5. The molecular formula is C14H15N5OS. The van der Waals surface area contributed by atoms with Crippen LogP contribution in [0.1, 0.15) is 12.5 Å². The summed E-state index contributed by atoms with van der Waals surface area (Å²) in [5.74, 6) is 1.36. The number of tetrazole rings is 1. The van der Waals surface area contributed by atoms with Gasteiger partial charge in [-0.15, -0.1) is 5.10 Å². The van der Waals surface area contributed by atoms with Crippen LogP contribution in [0.25, 0.3) is 10.9 Å². The highest BCUT2D eigenvalue weighted by atomic mass is 32.2. The molecule has 6 nitrogen and oxygen atoms in total. The SMILES string of the molecule is CCn1nnnc1SCc1cc2ccccc2nc1OC. The summed E-state index contributed by atoms with van der Waals surface area (Å²) >= 11 is 1.58. The Morgan fingerprint density at radius 3 is 2.95 bits per heavy atom. The predicted octanol–water partition coefficient (Wildman–Crippen LogP) is 2.54. The van der Waals surface area contributed by atoms with Crippen molar-refractivity contribution in [1.29, 1.82) is 0 Å². The van der Waals surface area contributed by atoms with Gasteiger partial charge in [0, 0.05) is 23.2 Å². The Kier molecular flexibility index (Phi) is 4.01. The van der Waals surface area contributed by atoms with E-state index in [0.29, 0.717) is 11.6 Å². The van der Waals surface area contributed by atoms with Gasteiger partial charge in [0.25, 0.3) is 0 Å². The summed E-state index contributed by atoms with van der Waals surface area (Å²) in [5, 5.41) is 13.5. The van der Waals surface area contributed by atoms with Gasteiger partial charge in [-0.2, -0.15) is 0 Å². The Hall–Kier alpha value is -2.15. The molecule has 0 bridgehead atoms. The molecule has 1 aromatic carbocycles. The van der Waals surface area contributed by atoms with E-state index in [9.17, 15) is 0 Å². The quantitative estimate of drug-likeness (QED) is 0.675. The Bertz CT molecular complexity index is 758. The molecule has 0 radical (unpaired) electrons. The number of hydrogen-bond donors (Lipinski definition) is 0. The number of aryl methyl sites for hydroxylation is 1. The molecule has 0 aliphatic carbocycles. The van der Waals surface area contributed by atoms with E-state index in [-0.39, 0.29) is 0 Å². The van der Waals surface area contributed by atoms with Gasteiger partial charge in [-0.05, 0) is 29.5 Å². The van der Waals surface area contributed by atoms with Crippen molar-refractivity contribution in [2.24, 2.45) is 0 Å². The van der Waals surface area contributed by atoms with Crippen molar-refractivity contribution in [2.75, 3.05) is 7.11 Å². The van der Waals surface area contributed by atoms with Crippen LogP contribution in [0.4, 0.5) is 0 Å². The first-order valence-corrected chi connectivity index (χ1v) is 7.62. The summed E-state index contributed by atoms with van der Waals surface area (Å²) in [6.45, 7) is 2.76. The number of benzene rings is 1. The molecule has 3 rings (SSSR count). The van der Waals surface area contributed by atoms with Crippen LogP contribution in [0.5, 0.6) is 5.88 Å². The zero-order valence-electron chi connectivity index (χ0n) is 11.9. The van der Waals surface area contributed by atoms with E-state index in [1.165, 1.54) is 0 Å². The zero-order chi connectivity index (χ0) is 14.7. The predicted molar refractivity (Wildman–Crippen MR) is 81.3 cm³/mol. The molecule has 2 heterocycles. The fourth-order valence-corrected chi connectivity index (χ4v) is 2.96. The normalized spacial score (nSPS) is 11.0. The van der Waals surface area contributed by atoms with Gasteiger partial charge in [0.2, 0.25) is 11.0 Å². The second kappa shape index (κ2) is 6.09. The number of rotatable bonds is 5. The van der Waals surface area contributed by atoms with Crippen molar-refractivity contribution >= 4 is 22.7 Å². The second-order valence-electron chi connectivity index (χ2n) is 4.42. The smallest absolute Gasteiger partial charge is 0.217 e. The number of para-hydroxylation sites is 1. The minimum absolute atomic E-state index is 0.650. The molecule has 0 amide bonds. The van der Waals surface area contributed by atoms with Crippen molar-refractivity contribution in [2.45, 2.75) is 24.4 Å². The highest BCUT2D eigenvalue weighted by Crippen LogP contribution is 2.28. The van der Waals surface area contributed by atoms with Crippen LogP contribution >= 0.6 is 11.8 Å². The highest BCUT2D eigenvalue weighted by Gasteiger charge is 2.11. The lowest BCUT2D eigenvalue weighted by molar-refractivity contribution is 0.396. The number of pyridine rings is 1. The van der Waals surface area contributed by atoms with Crippen LogP contribution in [0.15, 0.2) is 35.5 Å². The van der Waals surface area contributed by atoms with E-state index in [1.807, 2.05) is 31.2 Å². The van der Waals surface area contributed by atoms with Crippen molar-refractivity contribution < 1.29 is 4.74 Å². The lowest BCUT2D eigenvalue weighted by Gasteiger charge is -2.09. The number of thioether (sulfide) groups is 1. The molecule has 3 aromatic rings. The first-order valence-electron chi connectivity index (χ1n) is 6.63. The molecule has 0 aliphatic rings. The summed E-state index contributed by atoms with van der Waals surface area (Å²) in [5.41, 5.74) is 1.97. The molecule has 0 unspecified atom stereocenters. The van der Waals surface area contributed by atoms with E-state index in [0.717, 1.165) is 28.2 Å². The van der Waals surface area contributed by atoms with Gasteiger partial charge < -0.3 is 4.74 Å². The molecule has 0 atom stereocenters. The maximum atomic E-state index is 5.40. The minimum Gasteiger partial charge on any atom is -0.481 e. The van der Waals surface area contributed by atoms with Crippen molar-refractivity contribution in [3.63, 3.8) is 0 Å². The molecule has 7 heteroatoms. The average molecular weight is 301 g/mol. The molecule has 0 fully saturated rings. The molecule has 0 N–H and O–H groups in total. The van der Waals surface area contributed by atoms with Crippen LogP contribution in [-0.2, 0) is 12.3 Å².